The number of benzene rings is 2. The summed E-state index contributed by atoms with van der Waals surface area (Å²) in [7, 11) is 0. The molecule has 0 saturated carbocycles. The Balaban J connectivity index is 1.85. The van der Waals surface area contributed by atoms with Gasteiger partial charge in [-0.05, 0) is 49.4 Å². The number of halogens is 2. The number of carbonyl (C=O) groups excluding carboxylic acids is 2. The lowest BCUT2D eigenvalue weighted by molar-refractivity contribution is 0.0553. The Hall–Kier alpha value is -1.65. The molecule has 0 amide bonds. The highest BCUT2D eigenvalue weighted by molar-refractivity contribution is 9.10. The van der Waals surface area contributed by atoms with Gasteiger partial charge in [0.15, 0.2) is 11.4 Å². The van der Waals surface area contributed by atoms with Gasteiger partial charge in [-0.15, -0.1) is 0 Å². The van der Waals surface area contributed by atoms with Crippen LogP contribution in [-0.4, -0.2) is 17.2 Å². The Morgan fingerprint density at radius 3 is 2.59 bits per heavy atom. The van der Waals surface area contributed by atoms with Crippen molar-refractivity contribution in [3.05, 3.63) is 63.1 Å². The first kappa shape index (κ1) is 15.3. The summed E-state index contributed by atoms with van der Waals surface area (Å²) >= 11 is 9.16. The van der Waals surface area contributed by atoms with Crippen molar-refractivity contribution < 1.29 is 14.3 Å². The van der Waals surface area contributed by atoms with Gasteiger partial charge in [-0.1, -0.05) is 27.5 Å². The lowest BCUT2D eigenvalue weighted by atomic mass is 9.90. The van der Waals surface area contributed by atoms with E-state index in [-0.39, 0.29) is 18.0 Å². The molecule has 1 aliphatic rings. The van der Waals surface area contributed by atoms with Crippen LogP contribution in [0.2, 0.25) is 5.02 Å². The number of ketones is 2. The monoisotopic (exact) mass is 378 g/mol. The molecule has 2 aromatic rings. The average molecular weight is 380 g/mol. The summed E-state index contributed by atoms with van der Waals surface area (Å²) < 4.78 is 6.60. The number of Topliss-reactive ketones (excluding diaryl/α,β-unsaturated/α-hetero) is 2. The van der Waals surface area contributed by atoms with Gasteiger partial charge in [-0.3, -0.25) is 9.59 Å². The minimum atomic E-state index is -1.17. The summed E-state index contributed by atoms with van der Waals surface area (Å²) in [5.74, 6) is 0.183. The maximum absolute atomic E-state index is 12.5. The predicted molar refractivity (Wildman–Crippen MR) is 87.9 cm³/mol. The molecule has 1 heterocycles. The zero-order chi connectivity index (χ0) is 15.9. The highest BCUT2D eigenvalue weighted by Crippen LogP contribution is 2.39. The number of hydrogen-bond acceptors (Lipinski definition) is 3. The van der Waals surface area contributed by atoms with E-state index in [1.165, 1.54) is 0 Å². The van der Waals surface area contributed by atoms with Crippen molar-refractivity contribution in [2.24, 2.45) is 0 Å². The molecule has 0 aromatic heterocycles. The SMILES string of the molecule is CC1(CC(=O)c2ccc(Cl)cc2)Oc2cc(Br)ccc2C1=O. The molecule has 112 valence electrons. The molecule has 1 aliphatic heterocycles. The van der Waals surface area contributed by atoms with Crippen LogP contribution in [0, 0.1) is 0 Å². The van der Waals surface area contributed by atoms with E-state index >= 15 is 0 Å². The lowest BCUT2D eigenvalue weighted by Crippen LogP contribution is -2.38. The molecular weight excluding hydrogens is 368 g/mol. The highest BCUT2D eigenvalue weighted by atomic mass is 79.9. The summed E-state index contributed by atoms with van der Waals surface area (Å²) in [5, 5.41) is 0.563. The molecule has 22 heavy (non-hydrogen) atoms. The van der Waals surface area contributed by atoms with E-state index in [0.29, 0.717) is 21.9 Å². The van der Waals surface area contributed by atoms with Gasteiger partial charge in [-0.2, -0.15) is 0 Å². The van der Waals surface area contributed by atoms with Crippen molar-refractivity contribution in [3.63, 3.8) is 0 Å². The van der Waals surface area contributed by atoms with E-state index in [4.69, 9.17) is 16.3 Å². The van der Waals surface area contributed by atoms with Crippen LogP contribution in [0.25, 0.3) is 0 Å². The van der Waals surface area contributed by atoms with Gasteiger partial charge < -0.3 is 4.74 Å². The first-order valence-corrected chi connectivity index (χ1v) is 7.88. The fourth-order valence-electron chi connectivity index (χ4n) is 2.50. The summed E-state index contributed by atoms with van der Waals surface area (Å²) in [4.78, 5) is 24.9. The topological polar surface area (TPSA) is 43.4 Å². The lowest BCUT2D eigenvalue weighted by Gasteiger charge is -2.21. The first-order valence-electron chi connectivity index (χ1n) is 6.71. The van der Waals surface area contributed by atoms with Crippen molar-refractivity contribution in [2.75, 3.05) is 0 Å². The van der Waals surface area contributed by atoms with E-state index in [0.717, 1.165) is 4.47 Å². The van der Waals surface area contributed by atoms with Crippen LogP contribution in [0.15, 0.2) is 46.9 Å². The summed E-state index contributed by atoms with van der Waals surface area (Å²) in [6.45, 7) is 1.65. The average Bonchev–Trinajstić information content (AvgIpc) is 2.70. The molecule has 0 N–H and O–H groups in total. The van der Waals surface area contributed by atoms with Crippen LogP contribution in [0.5, 0.6) is 5.75 Å². The molecular formula is C17H12BrClO3. The van der Waals surface area contributed by atoms with Gasteiger partial charge in [0.1, 0.15) is 5.75 Å². The molecule has 1 unspecified atom stereocenters. The standard InChI is InChI=1S/C17H12BrClO3/c1-17(9-14(20)10-2-5-12(19)6-3-10)16(21)13-7-4-11(18)8-15(13)22-17/h2-8H,9H2,1H3. The largest absolute Gasteiger partial charge is 0.478 e. The summed E-state index contributed by atoms with van der Waals surface area (Å²) in [6, 6.07) is 11.8. The van der Waals surface area contributed by atoms with Gasteiger partial charge in [0.25, 0.3) is 0 Å². The second-order valence-corrected chi connectivity index (χ2v) is 6.76. The second kappa shape index (κ2) is 5.52. The van der Waals surface area contributed by atoms with Crippen LogP contribution in [-0.2, 0) is 0 Å². The Bertz CT molecular complexity index is 770. The minimum Gasteiger partial charge on any atom is -0.478 e. The Morgan fingerprint density at radius 1 is 1.23 bits per heavy atom. The van der Waals surface area contributed by atoms with Gasteiger partial charge in [-0.25, -0.2) is 0 Å². The van der Waals surface area contributed by atoms with Gasteiger partial charge >= 0.3 is 0 Å². The Labute approximate surface area is 141 Å². The van der Waals surface area contributed by atoms with E-state index in [1.807, 2.05) is 0 Å². The molecule has 5 heteroatoms. The fourth-order valence-corrected chi connectivity index (χ4v) is 2.97. The molecule has 2 aromatic carbocycles. The molecule has 0 saturated heterocycles. The van der Waals surface area contributed by atoms with Crippen molar-refractivity contribution in [1.29, 1.82) is 0 Å². The minimum absolute atomic E-state index is 0.0141. The normalized spacial score (nSPS) is 19.7. The summed E-state index contributed by atoms with van der Waals surface area (Å²) in [6.07, 6.45) is -0.0141. The molecule has 0 radical (unpaired) electrons. The summed E-state index contributed by atoms with van der Waals surface area (Å²) in [5.41, 5.74) is -0.145. The molecule has 0 aliphatic carbocycles. The van der Waals surface area contributed by atoms with E-state index in [1.54, 1.807) is 49.4 Å². The third kappa shape index (κ3) is 2.69. The second-order valence-electron chi connectivity index (χ2n) is 5.41. The molecule has 0 bridgehead atoms. The van der Waals surface area contributed by atoms with Crippen molar-refractivity contribution in [3.8, 4) is 5.75 Å². The number of hydrogen-bond donors (Lipinski definition) is 0. The van der Waals surface area contributed by atoms with Crippen molar-refractivity contribution >= 4 is 39.1 Å². The van der Waals surface area contributed by atoms with Gasteiger partial charge in [0, 0.05) is 15.1 Å². The number of rotatable bonds is 3. The first-order chi connectivity index (χ1) is 10.4. The van der Waals surface area contributed by atoms with Crippen molar-refractivity contribution in [2.45, 2.75) is 18.9 Å². The molecule has 0 fully saturated rings. The smallest absolute Gasteiger partial charge is 0.210 e. The zero-order valence-electron chi connectivity index (χ0n) is 11.7. The maximum atomic E-state index is 12.5. The van der Waals surface area contributed by atoms with Crippen LogP contribution in [0.1, 0.15) is 34.1 Å². The van der Waals surface area contributed by atoms with Gasteiger partial charge in [0.05, 0.1) is 12.0 Å². The van der Waals surface area contributed by atoms with Crippen LogP contribution in [0.4, 0.5) is 0 Å². The third-order valence-corrected chi connectivity index (χ3v) is 4.41. The Kier molecular flexibility index (Phi) is 3.83. The van der Waals surface area contributed by atoms with Crippen LogP contribution >= 0.6 is 27.5 Å². The fraction of sp³-hybridized carbons (Fsp3) is 0.176. The van der Waals surface area contributed by atoms with Crippen molar-refractivity contribution in [1.82, 2.24) is 0 Å². The molecule has 3 rings (SSSR count). The number of ether oxygens (including phenoxy) is 1. The maximum Gasteiger partial charge on any atom is 0.210 e. The Morgan fingerprint density at radius 2 is 1.91 bits per heavy atom. The van der Waals surface area contributed by atoms with E-state index in [9.17, 15) is 9.59 Å². The van der Waals surface area contributed by atoms with Gasteiger partial charge in [0.2, 0.25) is 5.78 Å². The van der Waals surface area contributed by atoms with Crippen LogP contribution in [0.3, 0.4) is 0 Å². The third-order valence-electron chi connectivity index (χ3n) is 3.67. The highest BCUT2D eigenvalue weighted by Gasteiger charge is 2.45. The predicted octanol–water partition coefficient (Wildman–Crippen LogP) is 4.71. The quantitative estimate of drug-likeness (QED) is 0.725. The van der Waals surface area contributed by atoms with Crippen LogP contribution < -0.4 is 4.74 Å². The molecule has 1 atom stereocenters. The molecule has 3 nitrogen and oxygen atoms in total. The van der Waals surface area contributed by atoms with E-state index in [2.05, 4.69) is 15.9 Å². The molecule has 0 spiro atoms. The number of fused-ring (bicyclic) bond motifs is 1. The number of carbonyl (C=O) groups is 2. The zero-order valence-corrected chi connectivity index (χ0v) is 14.1. The van der Waals surface area contributed by atoms with E-state index < -0.39 is 5.60 Å².